The molecule has 1 unspecified atom stereocenters. The van der Waals surface area contributed by atoms with Gasteiger partial charge < -0.3 is 4.74 Å². The van der Waals surface area contributed by atoms with Crippen molar-refractivity contribution in [1.82, 2.24) is 0 Å². The zero-order chi connectivity index (χ0) is 11.7. The summed E-state index contributed by atoms with van der Waals surface area (Å²) < 4.78 is 5.61. The summed E-state index contributed by atoms with van der Waals surface area (Å²) in [6.45, 7) is 12.4. The van der Waals surface area contributed by atoms with Gasteiger partial charge in [0.2, 0.25) is 0 Å². The van der Waals surface area contributed by atoms with Crippen LogP contribution in [0.4, 0.5) is 0 Å². The Morgan fingerprint density at radius 3 is 2.33 bits per heavy atom. The molecule has 0 radical (unpaired) electrons. The van der Waals surface area contributed by atoms with Crippen LogP contribution >= 0.6 is 0 Å². The normalized spacial score (nSPS) is 14.5. The molecule has 0 heterocycles. The molecule has 0 N–H and O–H groups in total. The van der Waals surface area contributed by atoms with E-state index in [1.54, 1.807) is 0 Å². The van der Waals surface area contributed by atoms with Crippen LogP contribution in [0.25, 0.3) is 0 Å². The summed E-state index contributed by atoms with van der Waals surface area (Å²) in [5.41, 5.74) is 2.26. The monoisotopic (exact) mass is 228 g/mol. The lowest BCUT2D eigenvalue weighted by molar-refractivity contribution is 0.183. The number of ether oxygens (including phenoxy) is 1. The van der Waals surface area contributed by atoms with Gasteiger partial charge in [0.25, 0.3) is 0 Å². The maximum absolute atomic E-state index is 5.61. The molecule has 0 aliphatic rings. The minimum absolute atomic E-state index is 0.747. The van der Waals surface area contributed by atoms with Gasteiger partial charge in [0.15, 0.2) is 0 Å². The molecule has 0 aliphatic carbocycles. The van der Waals surface area contributed by atoms with Crippen molar-refractivity contribution in [2.45, 2.75) is 59.2 Å². The first-order valence-corrected chi connectivity index (χ1v) is 9.86. The Kier molecular flexibility index (Phi) is 7.84. The molecule has 0 saturated carbocycles. The van der Waals surface area contributed by atoms with Crippen LogP contribution in [0.3, 0.4) is 0 Å². The van der Waals surface area contributed by atoms with Crippen molar-refractivity contribution in [3.8, 4) is 0 Å². The quantitative estimate of drug-likeness (QED) is 0.435. The summed E-state index contributed by atoms with van der Waals surface area (Å²) in [7, 11) is -1.07. The lowest BCUT2D eigenvalue weighted by Gasteiger charge is -2.14. The van der Waals surface area contributed by atoms with Gasteiger partial charge in [-0.2, -0.15) is 0 Å². The summed E-state index contributed by atoms with van der Waals surface area (Å²) in [6, 6.07) is 0. The lowest BCUT2D eigenvalue weighted by atomic mass is 10.0. The van der Waals surface area contributed by atoms with E-state index in [1.165, 1.54) is 25.7 Å². The first kappa shape index (κ1) is 14.8. The average molecular weight is 228 g/mol. The van der Waals surface area contributed by atoms with Crippen LogP contribution in [-0.4, -0.2) is 14.7 Å². The molecule has 1 atom stereocenters. The Morgan fingerprint density at radius 2 is 1.87 bits per heavy atom. The van der Waals surface area contributed by atoms with Crippen molar-refractivity contribution in [2.75, 3.05) is 6.61 Å². The molecule has 15 heavy (non-hydrogen) atoms. The Hall–Kier alpha value is -0.243. The van der Waals surface area contributed by atoms with Crippen molar-refractivity contribution < 1.29 is 4.74 Å². The summed E-state index contributed by atoms with van der Waals surface area (Å²) in [6.07, 6.45) is 7.11. The highest BCUT2D eigenvalue weighted by atomic mass is 28.3. The molecule has 1 nitrogen and oxygen atoms in total. The second-order valence-electron chi connectivity index (χ2n) is 5.42. The van der Waals surface area contributed by atoms with Gasteiger partial charge in [-0.3, -0.25) is 0 Å². The highest BCUT2D eigenvalue weighted by Crippen LogP contribution is 2.13. The third kappa shape index (κ3) is 10.0. The minimum Gasteiger partial charge on any atom is -0.502 e. The molecule has 0 fully saturated rings. The van der Waals surface area contributed by atoms with Gasteiger partial charge in [-0.15, -0.1) is 0 Å². The highest BCUT2D eigenvalue weighted by Gasteiger charge is 2.08. The molecule has 0 aliphatic heterocycles. The third-order valence-electron chi connectivity index (χ3n) is 2.54. The smallest absolute Gasteiger partial charge is 0.0900 e. The second-order valence-corrected chi connectivity index (χ2v) is 10.5. The Bertz CT molecular complexity index is 170. The van der Waals surface area contributed by atoms with E-state index in [0.717, 1.165) is 12.5 Å². The first-order valence-electron chi connectivity index (χ1n) is 6.29. The van der Waals surface area contributed by atoms with Crippen molar-refractivity contribution >= 4 is 8.07 Å². The van der Waals surface area contributed by atoms with Crippen LogP contribution in [-0.2, 0) is 4.74 Å². The van der Waals surface area contributed by atoms with E-state index < -0.39 is 8.07 Å². The zero-order valence-electron chi connectivity index (χ0n) is 11.2. The molecule has 0 aromatic heterocycles. The lowest BCUT2D eigenvalue weighted by Crippen LogP contribution is -2.16. The van der Waals surface area contributed by atoms with Gasteiger partial charge in [-0.25, -0.2) is 0 Å². The SMILES string of the molecule is CCCCC(CC)CO/C=C/[Si](C)(C)C. The van der Waals surface area contributed by atoms with Gasteiger partial charge in [0.1, 0.15) is 0 Å². The molecule has 0 aromatic carbocycles. The van der Waals surface area contributed by atoms with E-state index in [9.17, 15) is 0 Å². The maximum Gasteiger partial charge on any atom is 0.0900 e. The van der Waals surface area contributed by atoms with Crippen molar-refractivity contribution in [3.05, 3.63) is 12.0 Å². The average Bonchev–Trinajstić information content (AvgIpc) is 2.15. The van der Waals surface area contributed by atoms with Crippen LogP contribution < -0.4 is 0 Å². The topological polar surface area (TPSA) is 9.23 Å². The molecule has 0 spiro atoms. The van der Waals surface area contributed by atoms with Crippen molar-refractivity contribution in [3.63, 3.8) is 0 Å². The fourth-order valence-electron chi connectivity index (χ4n) is 1.34. The fraction of sp³-hybridized carbons (Fsp3) is 0.846. The largest absolute Gasteiger partial charge is 0.502 e. The summed E-state index contributed by atoms with van der Waals surface area (Å²) in [5, 5.41) is 0. The third-order valence-corrected chi connectivity index (χ3v) is 3.68. The van der Waals surface area contributed by atoms with E-state index in [4.69, 9.17) is 4.74 Å². The maximum atomic E-state index is 5.61. The van der Waals surface area contributed by atoms with Gasteiger partial charge in [0, 0.05) is 0 Å². The Labute approximate surface area is 96.9 Å². The summed E-state index contributed by atoms with van der Waals surface area (Å²) in [4.78, 5) is 0. The van der Waals surface area contributed by atoms with Crippen LogP contribution in [0.5, 0.6) is 0 Å². The van der Waals surface area contributed by atoms with Crippen LogP contribution in [0.1, 0.15) is 39.5 Å². The van der Waals surface area contributed by atoms with Gasteiger partial charge in [0.05, 0.1) is 20.9 Å². The van der Waals surface area contributed by atoms with E-state index in [0.29, 0.717) is 0 Å². The Balaban J connectivity index is 3.67. The zero-order valence-corrected chi connectivity index (χ0v) is 12.2. The van der Waals surface area contributed by atoms with E-state index >= 15 is 0 Å². The summed E-state index contributed by atoms with van der Waals surface area (Å²) >= 11 is 0. The van der Waals surface area contributed by atoms with E-state index in [1.807, 2.05) is 6.26 Å². The molecule has 0 rings (SSSR count). The van der Waals surface area contributed by atoms with Crippen LogP contribution in [0.2, 0.25) is 19.6 Å². The predicted molar refractivity (Wildman–Crippen MR) is 71.7 cm³/mol. The molecule has 0 amide bonds. The van der Waals surface area contributed by atoms with E-state index in [-0.39, 0.29) is 0 Å². The fourth-order valence-corrected chi connectivity index (χ4v) is 1.85. The molecule has 0 bridgehead atoms. The van der Waals surface area contributed by atoms with Crippen molar-refractivity contribution in [1.29, 1.82) is 0 Å². The van der Waals surface area contributed by atoms with E-state index in [2.05, 4.69) is 39.2 Å². The molecule has 90 valence electrons. The highest BCUT2D eigenvalue weighted by molar-refractivity contribution is 6.80. The summed E-state index contributed by atoms with van der Waals surface area (Å²) in [5.74, 6) is 0.747. The molecule has 0 saturated heterocycles. The predicted octanol–water partition coefficient (Wildman–Crippen LogP) is 4.61. The Morgan fingerprint density at radius 1 is 1.20 bits per heavy atom. The molecule has 2 heteroatoms. The van der Waals surface area contributed by atoms with Gasteiger partial charge in [-0.1, -0.05) is 58.5 Å². The second kappa shape index (κ2) is 7.97. The number of unbranched alkanes of at least 4 members (excludes halogenated alkanes) is 1. The van der Waals surface area contributed by atoms with Gasteiger partial charge in [-0.05, 0) is 12.3 Å². The van der Waals surface area contributed by atoms with Gasteiger partial charge >= 0.3 is 0 Å². The minimum atomic E-state index is -1.07. The van der Waals surface area contributed by atoms with Crippen LogP contribution in [0.15, 0.2) is 12.0 Å². The van der Waals surface area contributed by atoms with Crippen molar-refractivity contribution in [2.24, 2.45) is 5.92 Å². The molecule has 0 aromatic rings. The number of hydrogen-bond acceptors (Lipinski definition) is 1. The molecular formula is C13H28OSi. The number of hydrogen-bond donors (Lipinski definition) is 0. The number of rotatable bonds is 8. The first-order chi connectivity index (χ1) is 6.99. The molecular weight excluding hydrogens is 200 g/mol. The van der Waals surface area contributed by atoms with Crippen LogP contribution in [0, 0.1) is 5.92 Å². The standard InChI is InChI=1S/C13H28OSi/c1-6-8-9-13(7-2)12-14-10-11-15(3,4)5/h10-11,13H,6-9,12H2,1-5H3/b11-10+.